The molecule has 1 unspecified atom stereocenters. The van der Waals surface area contributed by atoms with Crippen LogP contribution in [0.3, 0.4) is 0 Å². The molecule has 3 N–H and O–H groups in total. The van der Waals surface area contributed by atoms with Crippen LogP contribution in [0.25, 0.3) is 0 Å². The van der Waals surface area contributed by atoms with E-state index in [-0.39, 0.29) is 9.92 Å². The predicted molar refractivity (Wildman–Crippen MR) is 80.3 cm³/mol. The first-order chi connectivity index (χ1) is 9.72. The molecule has 1 atom stereocenters. The molecule has 1 aromatic carbocycles. The molecule has 114 valence electrons. The Hall–Kier alpha value is -1.64. The van der Waals surface area contributed by atoms with E-state index in [1.165, 1.54) is 18.5 Å². The standard InChI is InChI=1S/C12H16ClN5O2S/c1-7-10(14)4-9(13)5-11(7)21(19,20)17-8(2)12-16-15-6-18(12)3/h4-6,8,17H,14H2,1-3H3. The Morgan fingerprint density at radius 1 is 1.43 bits per heavy atom. The highest BCUT2D eigenvalue weighted by molar-refractivity contribution is 7.89. The molecular weight excluding hydrogens is 314 g/mol. The molecule has 0 fully saturated rings. The van der Waals surface area contributed by atoms with Gasteiger partial charge in [0.25, 0.3) is 0 Å². The zero-order valence-electron chi connectivity index (χ0n) is 11.8. The van der Waals surface area contributed by atoms with Crippen molar-refractivity contribution < 1.29 is 8.42 Å². The van der Waals surface area contributed by atoms with E-state index in [0.29, 0.717) is 17.1 Å². The second-order valence-electron chi connectivity index (χ2n) is 4.76. The normalized spacial score (nSPS) is 13.3. The molecule has 0 amide bonds. The van der Waals surface area contributed by atoms with Crippen molar-refractivity contribution in [2.45, 2.75) is 24.8 Å². The Bertz CT molecular complexity index is 772. The summed E-state index contributed by atoms with van der Waals surface area (Å²) in [6.45, 7) is 3.32. The maximum atomic E-state index is 12.5. The quantitative estimate of drug-likeness (QED) is 0.825. The molecule has 0 radical (unpaired) electrons. The third-order valence-corrected chi connectivity index (χ3v) is 5.01. The van der Waals surface area contributed by atoms with Crippen LogP contribution in [0, 0.1) is 6.92 Å². The third kappa shape index (κ3) is 3.17. The van der Waals surface area contributed by atoms with Crippen molar-refractivity contribution in [3.8, 4) is 0 Å². The fraction of sp³-hybridized carbons (Fsp3) is 0.333. The highest BCUT2D eigenvalue weighted by Gasteiger charge is 2.24. The van der Waals surface area contributed by atoms with Gasteiger partial charge < -0.3 is 10.3 Å². The molecule has 0 spiro atoms. The highest BCUT2D eigenvalue weighted by atomic mass is 35.5. The van der Waals surface area contributed by atoms with Crippen molar-refractivity contribution in [2.75, 3.05) is 5.73 Å². The molecule has 1 aromatic heterocycles. The third-order valence-electron chi connectivity index (χ3n) is 3.12. The second-order valence-corrected chi connectivity index (χ2v) is 6.88. The van der Waals surface area contributed by atoms with E-state index >= 15 is 0 Å². The van der Waals surface area contributed by atoms with Crippen LogP contribution in [0.5, 0.6) is 0 Å². The molecule has 0 saturated carbocycles. The van der Waals surface area contributed by atoms with Crippen molar-refractivity contribution in [3.05, 3.63) is 34.9 Å². The van der Waals surface area contributed by atoms with Crippen LogP contribution in [0.1, 0.15) is 24.4 Å². The summed E-state index contributed by atoms with van der Waals surface area (Å²) in [7, 11) is -2.03. The minimum atomic E-state index is -3.77. The number of aromatic nitrogens is 3. The monoisotopic (exact) mass is 329 g/mol. The fourth-order valence-corrected chi connectivity index (χ4v) is 3.78. The van der Waals surface area contributed by atoms with Gasteiger partial charge in [0.05, 0.1) is 10.9 Å². The SMILES string of the molecule is Cc1c(N)cc(Cl)cc1S(=O)(=O)NC(C)c1nncn1C. The average Bonchev–Trinajstić information content (AvgIpc) is 2.79. The van der Waals surface area contributed by atoms with E-state index in [2.05, 4.69) is 14.9 Å². The van der Waals surface area contributed by atoms with Gasteiger partial charge in [-0.3, -0.25) is 0 Å². The van der Waals surface area contributed by atoms with E-state index in [4.69, 9.17) is 17.3 Å². The number of nitrogens with one attached hydrogen (secondary N) is 1. The Labute approximate surface area is 128 Å². The van der Waals surface area contributed by atoms with Gasteiger partial charge in [-0.2, -0.15) is 0 Å². The van der Waals surface area contributed by atoms with Crippen LogP contribution in [-0.2, 0) is 17.1 Å². The van der Waals surface area contributed by atoms with Gasteiger partial charge in [-0.1, -0.05) is 11.6 Å². The van der Waals surface area contributed by atoms with Gasteiger partial charge in [0.15, 0.2) is 0 Å². The summed E-state index contributed by atoms with van der Waals surface area (Å²) in [5, 5.41) is 7.88. The van der Waals surface area contributed by atoms with E-state index in [0.717, 1.165) is 0 Å². The molecule has 2 aromatic rings. The van der Waals surface area contributed by atoms with Crippen LogP contribution in [0.15, 0.2) is 23.4 Å². The number of aryl methyl sites for hydroxylation is 1. The number of hydrogen-bond acceptors (Lipinski definition) is 5. The van der Waals surface area contributed by atoms with Gasteiger partial charge in [-0.25, -0.2) is 13.1 Å². The Kier molecular flexibility index (Phi) is 4.22. The molecule has 2 rings (SSSR count). The van der Waals surface area contributed by atoms with Gasteiger partial charge in [0.2, 0.25) is 10.0 Å². The lowest BCUT2D eigenvalue weighted by atomic mass is 10.2. The number of nitrogen functional groups attached to an aromatic ring is 1. The maximum absolute atomic E-state index is 12.5. The molecule has 7 nitrogen and oxygen atoms in total. The van der Waals surface area contributed by atoms with Gasteiger partial charge >= 0.3 is 0 Å². The second kappa shape index (κ2) is 5.63. The molecule has 0 aliphatic heterocycles. The van der Waals surface area contributed by atoms with Crippen LogP contribution >= 0.6 is 11.6 Å². The first-order valence-electron chi connectivity index (χ1n) is 6.14. The fourth-order valence-electron chi connectivity index (χ4n) is 1.99. The topological polar surface area (TPSA) is 103 Å². The van der Waals surface area contributed by atoms with Crippen LogP contribution in [-0.4, -0.2) is 23.2 Å². The van der Waals surface area contributed by atoms with E-state index < -0.39 is 16.1 Å². The van der Waals surface area contributed by atoms with E-state index in [9.17, 15) is 8.42 Å². The van der Waals surface area contributed by atoms with Crippen LogP contribution < -0.4 is 10.5 Å². The average molecular weight is 330 g/mol. The number of nitrogens with two attached hydrogens (primary N) is 1. The van der Waals surface area contributed by atoms with Crippen LogP contribution in [0.2, 0.25) is 5.02 Å². The maximum Gasteiger partial charge on any atom is 0.241 e. The summed E-state index contributed by atoms with van der Waals surface area (Å²) < 4.78 is 29.2. The number of anilines is 1. The van der Waals surface area contributed by atoms with Gasteiger partial charge in [-0.15, -0.1) is 10.2 Å². The highest BCUT2D eigenvalue weighted by Crippen LogP contribution is 2.26. The molecule has 9 heteroatoms. The summed E-state index contributed by atoms with van der Waals surface area (Å²) in [5.41, 5.74) is 6.55. The number of rotatable bonds is 4. The Morgan fingerprint density at radius 3 is 2.67 bits per heavy atom. The summed E-state index contributed by atoms with van der Waals surface area (Å²) in [4.78, 5) is 0.0570. The van der Waals surface area contributed by atoms with Crippen molar-refractivity contribution in [1.29, 1.82) is 0 Å². The zero-order valence-corrected chi connectivity index (χ0v) is 13.4. The molecular formula is C12H16ClN5O2S. The largest absolute Gasteiger partial charge is 0.398 e. The van der Waals surface area contributed by atoms with Crippen molar-refractivity contribution in [2.24, 2.45) is 7.05 Å². The van der Waals surface area contributed by atoms with Gasteiger partial charge in [-0.05, 0) is 31.5 Å². The Balaban J connectivity index is 2.38. The minimum absolute atomic E-state index is 0.0570. The van der Waals surface area contributed by atoms with Crippen molar-refractivity contribution in [3.63, 3.8) is 0 Å². The number of hydrogen-bond donors (Lipinski definition) is 2. The van der Waals surface area contributed by atoms with Gasteiger partial charge in [0, 0.05) is 17.8 Å². The number of benzene rings is 1. The van der Waals surface area contributed by atoms with Crippen LogP contribution in [0.4, 0.5) is 5.69 Å². The van der Waals surface area contributed by atoms with Crippen molar-refractivity contribution in [1.82, 2.24) is 19.5 Å². The first-order valence-corrected chi connectivity index (χ1v) is 8.00. The van der Waals surface area contributed by atoms with E-state index in [1.54, 1.807) is 25.5 Å². The smallest absolute Gasteiger partial charge is 0.241 e. The number of sulfonamides is 1. The molecule has 21 heavy (non-hydrogen) atoms. The summed E-state index contributed by atoms with van der Waals surface area (Å²) in [5.74, 6) is 0.506. The zero-order chi connectivity index (χ0) is 15.8. The lowest BCUT2D eigenvalue weighted by Gasteiger charge is -2.16. The van der Waals surface area contributed by atoms with Crippen molar-refractivity contribution >= 4 is 27.3 Å². The molecule has 0 bridgehead atoms. The number of nitrogens with zero attached hydrogens (tertiary/aromatic N) is 3. The minimum Gasteiger partial charge on any atom is -0.398 e. The lowest BCUT2D eigenvalue weighted by molar-refractivity contribution is 0.553. The lowest BCUT2D eigenvalue weighted by Crippen LogP contribution is -2.29. The van der Waals surface area contributed by atoms with Gasteiger partial charge in [0.1, 0.15) is 12.2 Å². The molecule has 1 heterocycles. The summed E-state index contributed by atoms with van der Waals surface area (Å²) in [6.07, 6.45) is 1.50. The van der Waals surface area contributed by atoms with E-state index in [1.807, 2.05) is 0 Å². The molecule has 0 aliphatic rings. The summed E-state index contributed by atoms with van der Waals surface area (Å²) in [6, 6.07) is 2.35. The molecule has 0 aliphatic carbocycles. The number of halogens is 1. The Morgan fingerprint density at radius 2 is 2.10 bits per heavy atom. The summed E-state index contributed by atoms with van der Waals surface area (Å²) >= 11 is 5.89. The predicted octanol–water partition coefficient (Wildman–Crippen LogP) is 1.40. The first kappa shape index (κ1) is 15.7. The molecule has 0 saturated heterocycles.